The monoisotopic (exact) mass is 590 g/mol. The molecule has 1 saturated carbocycles. The van der Waals surface area contributed by atoms with Gasteiger partial charge in [-0.3, -0.25) is 9.36 Å². The SMILES string of the molecule is Nc1nc(Cl)nc2c1ncn2[C@@H]1O[C@@H]2C(OC(Cc3ccc(N4CCCCC4=O)cc3)(C(=O)O)C(=O)O)[C@]2(O)[C@@H]1F. The summed E-state index contributed by atoms with van der Waals surface area (Å²) in [5.74, 6) is -3.78. The first-order valence-electron chi connectivity index (χ1n) is 12.7. The van der Waals surface area contributed by atoms with Crippen molar-refractivity contribution in [2.75, 3.05) is 17.2 Å². The first kappa shape index (κ1) is 27.3. The van der Waals surface area contributed by atoms with Crippen molar-refractivity contribution in [1.82, 2.24) is 19.5 Å². The molecule has 2 saturated heterocycles. The third-order valence-electron chi connectivity index (χ3n) is 7.79. The molecule has 14 nitrogen and oxygen atoms in total. The number of nitrogens with zero attached hydrogens (tertiary/aromatic N) is 5. The van der Waals surface area contributed by atoms with Crippen LogP contribution >= 0.6 is 11.6 Å². The summed E-state index contributed by atoms with van der Waals surface area (Å²) >= 11 is 5.86. The lowest BCUT2D eigenvalue weighted by molar-refractivity contribution is -0.194. The van der Waals surface area contributed by atoms with E-state index >= 15 is 4.39 Å². The number of carboxylic acids is 2. The number of imidazole rings is 1. The smallest absolute Gasteiger partial charge is 0.348 e. The number of rotatable bonds is 8. The van der Waals surface area contributed by atoms with Gasteiger partial charge >= 0.3 is 11.9 Å². The van der Waals surface area contributed by atoms with Crippen molar-refractivity contribution in [3.05, 3.63) is 41.4 Å². The lowest BCUT2D eigenvalue weighted by atomic mass is 9.93. The summed E-state index contributed by atoms with van der Waals surface area (Å²) < 4.78 is 28.0. The van der Waals surface area contributed by atoms with Gasteiger partial charge in [-0.05, 0) is 42.1 Å². The molecule has 3 aliphatic rings. The highest BCUT2D eigenvalue weighted by Gasteiger charge is 2.80. The van der Waals surface area contributed by atoms with Gasteiger partial charge in [0.1, 0.15) is 17.7 Å². The third-order valence-corrected chi connectivity index (χ3v) is 7.96. The van der Waals surface area contributed by atoms with Gasteiger partial charge in [0.2, 0.25) is 11.2 Å². The molecule has 5 N–H and O–H groups in total. The van der Waals surface area contributed by atoms with Crippen molar-refractivity contribution in [2.24, 2.45) is 0 Å². The van der Waals surface area contributed by atoms with E-state index in [0.717, 1.165) is 17.4 Å². The molecule has 16 heteroatoms. The van der Waals surface area contributed by atoms with Crippen LogP contribution in [0.5, 0.6) is 0 Å². The summed E-state index contributed by atoms with van der Waals surface area (Å²) in [6, 6.07) is 6.18. The topological polar surface area (TPSA) is 203 Å². The number of halogens is 2. The van der Waals surface area contributed by atoms with E-state index in [0.29, 0.717) is 18.7 Å². The van der Waals surface area contributed by atoms with Crippen molar-refractivity contribution in [3.63, 3.8) is 0 Å². The van der Waals surface area contributed by atoms with E-state index < -0.39 is 54.2 Å². The van der Waals surface area contributed by atoms with E-state index in [4.69, 9.17) is 26.8 Å². The Balaban J connectivity index is 1.22. The van der Waals surface area contributed by atoms with E-state index in [1.165, 1.54) is 18.5 Å². The Morgan fingerprint density at radius 3 is 2.54 bits per heavy atom. The largest absolute Gasteiger partial charge is 0.479 e. The number of hydrogen-bond acceptors (Lipinski definition) is 10. The maximum Gasteiger partial charge on any atom is 0.348 e. The van der Waals surface area contributed by atoms with Gasteiger partial charge in [-0.2, -0.15) is 9.97 Å². The number of hydrogen-bond donors (Lipinski definition) is 4. The molecule has 41 heavy (non-hydrogen) atoms. The average molecular weight is 591 g/mol. The highest BCUT2D eigenvalue weighted by Crippen LogP contribution is 2.58. The summed E-state index contributed by atoms with van der Waals surface area (Å²) in [4.78, 5) is 50.3. The van der Waals surface area contributed by atoms with Gasteiger partial charge in [0.25, 0.3) is 5.60 Å². The number of carboxylic acid groups (broad SMARTS) is 2. The number of alkyl halides is 1. The minimum Gasteiger partial charge on any atom is -0.479 e. The standard InChI is InChI=1S/C25H24ClFN6O8/c26-23-30-18(28)14-19(31-23)33(10-29-14)20-15(27)25(39)16(40-20)17(25)41-24(21(35)36,22(37)38)9-11-4-6-12(7-5-11)32-8-2-1-3-13(32)34/h4-7,10,15-17,20,39H,1-3,8-9H2,(H,35,36)(H,37,38)(H2,28,30,31)/t15-,16-,17?,20-,25+/m1/s1. The highest BCUT2D eigenvalue weighted by atomic mass is 35.5. The predicted octanol–water partition coefficient (Wildman–Crippen LogP) is 1.09. The summed E-state index contributed by atoms with van der Waals surface area (Å²) in [6.07, 6.45) is -4.05. The van der Waals surface area contributed by atoms with Crippen molar-refractivity contribution in [3.8, 4) is 0 Å². The van der Waals surface area contributed by atoms with Crippen LogP contribution in [-0.4, -0.2) is 88.8 Å². The molecule has 2 aromatic heterocycles. The zero-order valence-electron chi connectivity index (χ0n) is 21.2. The maximum absolute atomic E-state index is 15.7. The molecule has 0 radical (unpaired) electrons. The Morgan fingerprint density at radius 2 is 1.93 bits per heavy atom. The van der Waals surface area contributed by atoms with Crippen LogP contribution in [0.1, 0.15) is 31.1 Å². The molecule has 1 unspecified atom stereocenters. The van der Waals surface area contributed by atoms with E-state index in [1.807, 2.05) is 0 Å². The second kappa shape index (κ2) is 9.58. The molecule has 5 atom stereocenters. The molecule has 4 heterocycles. The number of carbonyl (C=O) groups excluding carboxylic acids is 1. The van der Waals surface area contributed by atoms with E-state index in [2.05, 4.69) is 15.0 Å². The lowest BCUT2D eigenvalue weighted by Gasteiger charge is -2.29. The molecule has 3 aromatic rings. The fourth-order valence-electron chi connectivity index (χ4n) is 5.49. The van der Waals surface area contributed by atoms with Gasteiger partial charge in [0.15, 0.2) is 29.5 Å². The Morgan fingerprint density at radius 1 is 1.22 bits per heavy atom. The van der Waals surface area contributed by atoms with Gasteiger partial charge < -0.3 is 35.4 Å². The molecular weight excluding hydrogens is 567 g/mol. The highest BCUT2D eigenvalue weighted by molar-refractivity contribution is 6.28. The number of carbonyl (C=O) groups is 3. The van der Waals surface area contributed by atoms with E-state index in [1.54, 1.807) is 17.0 Å². The second-order valence-corrected chi connectivity index (χ2v) is 10.6. The van der Waals surface area contributed by atoms with E-state index in [-0.39, 0.29) is 33.7 Å². The summed E-state index contributed by atoms with van der Waals surface area (Å²) in [6.45, 7) is 0.546. The molecule has 3 fully saturated rings. The molecule has 1 aliphatic carbocycles. The number of benzene rings is 1. The summed E-state index contributed by atoms with van der Waals surface area (Å²) in [7, 11) is 0. The Labute approximate surface area is 235 Å². The van der Waals surface area contributed by atoms with Crippen LogP contribution in [0.2, 0.25) is 5.28 Å². The minimum absolute atomic E-state index is 0.0342. The van der Waals surface area contributed by atoms with Gasteiger partial charge in [0, 0.05) is 25.1 Å². The zero-order valence-corrected chi connectivity index (χ0v) is 21.9. The number of anilines is 2. The quantitative estimate of drug-likeness (QED) is 0.215. The van der Waals surface area contributed by atoms with Crippen molar-refractivity contribution >= 4 is 52.1 Å². The normalized spacial score (nSPS) is 27.7. The van der Waals surface area contributed by atoms with Crippen LogP contribution in [0.4, 0.5) is 15.9 Å². The van der Waals surface area contributed by atoms with Crippen molar-refractivity contribution < 1.29 is 43.6 Å². The predicted molar refractivity (Wildman–Crippen MR) is 138 cm³/mol. The van der Waals surface area contributed by atoms with Gasteiger partial charge in [0.05, 0.1) is 6.33 Å². The number of aliphatic hydroxyl groups is 1. The first-order chi connectivity index (χ1) is 19.5. The number of aromatic nitrogens is 4. The zero-order chi connectivity index (χ0) is 29.3. The molecule has 6 rings (SSSR count). The number of fused-ring (bicyclic) bond motifs is 2. The third kappa shape index (κ3) is 4.18. The van der Waals surface area contributed by atoms with Crippen LogP contribution in [0.15, 0.2) is 30.6 Å². The van der Waals surface area contributed by atoms with E-state index in [9.17, 15) is 29.7 Å². The number of nitrogen functional groups attached to an aromatic ring is 1. The Bertz CT molecular complexity index is 1560. The van der Waals surface area contributed by atoms with Crippen LogP contribution < -0.4 is 10.6 Å². The van der Waals surface area contributed by atoms with Gasteiger partial charge in [-0.1, -0.05) is 12.1 Å². The minimum atomic E-state index is -2.87. The van der Waals surface area contributed by atoms with Crippen molar-refractivity contribution in [1.29, 1.82) is 0 Å². The molecule has 2 aliphatic heterocycles. The number of aliphatic carboxylic acids is 2. The number of nitrogens with two attached hydrogens (primary N) is 1. The average Bonchev–Trinajstić information content (AvgIpc) is 3.17. The fraction of sp³-hybridized carbons (Fsp3) is 0.440. The first-order valence-corrected chi connectivity index (χ1v) is 13.1. The molecule has 216 valence electrons. The van der Waals surface area contributed by atoms with Crippen LogP contribution in [0, 0.1) is 0 Å². The fourth-order valence-corrected chi connectivity index (χ4v) is 5.67. The molecule has 0 spiro atoms. The summed E-state index contributed by atoms with van der Waals surface area (Å²) in [5, 5.41) is 30.8. The van der Waals surface area contributed by atoms with Gasteiger partial charge in [-0.15, -0.1) is 0 Å². The van der Waals surface area contributed by atoms with Crippen LogP contribution in [0.25, 0.3) is 11.2 Å². The molecule has 0 bridgehead atoms. The van der Waals surface area contributed by atoms with Crippen LogP contribution in [-0.2, 0) is 30.3 Å². The molecule has 1 amide bonds. The Hall–Kier alpha value is -3.92. The Kier molecular flexibility index (Phi) is 6.37. The molecular formula is C25H24ClFN6O8. The number of ether oxygens (including phenoxy) is 2. The lowest BCUT2D eigenvalue weighted by Crippen LogP contribution is -2.53. The number of piperidine rings is 1. The van der Waals surface area contributed by atoms with Crippen molar-refractivity contribution in [2.45, 2.75) is 61.5 Å². The number of amides is 1. The summed E-state index contributed by atoms with van der Waals surface area (Å²) in [5.41, 5.74) is 1.60. The molecule has 1 aromatic carbocycles. The second-order valence-electron chi connectivity index (χ2n) is 10.3. The maximum atomic E-state index is 15.7. The van der Waals surface area contributed by atoms with Crippen LogP contribution in [0.3, 0.4) is 0 Å². The van der Waals surface area contributed by atoms with Gasteiger partial charge in [-0.25, -0.2) is 19.0 Å².